The maximum Gasteiger partial charge on any atom is 0.0193 e. The molecule has 2 fully saturated rings. The van der Waals surface area contributed by atoms with Crippen LogP contribution in [-0.2, 0) is 0 Å². The molecule has 2 aliphatic rings. The third-order valence-electron chi connectivity index (χ3n) is 4.18. The number of rotatable bonds is 2. The Balaban J connectivity index is 1.91. The highest BCUT2D eigenvalue weighted by atomic mass is 15.2. The van der Waals surface area contributed by atoms with Gasteiger partial charge in [-0.05, 0) is 24.7 Å². The van der Waals surface area contributed by atoms with Crippen LogP contribution in [0.3, 0.4) is 0 Å². The average Bonchev–Trinajstić information content (AvgIpc) is 2.17. The third kappa shape index (κ3) is 1.82. The second-order valence-corrected chi connectivity index (χ2v) is 5.60. The third-order valence-corrected chi connectivity index (χ3v) is 4.18. The quantitative estimate of drug-likeness (QED) is 0.725. The zero-order valence-electron chi connectivity index (χ0n) is 9.84. The van der Waals surface area contributed by atoms with Crippen LogP contribution in [0.5, 0.6) is 0 Å². The summed E-state index contributed by atoms with van der Waals surface area (Å²) in [6, 6.07) is 1.60. The molecule has 14 heavy (non-hydrogen) atoms. The molecule has 0 aromatic rings. The van der Waals surface area contributed by atoms with Crippen LogP contribution in [0.1, 0.15) is 40.0 Å². The molecular formula is C12H24N2. The molecule has 1 saturated carbocycles. The fourth-order valence-corrected chi connectivity index (χ4v) is 2.94. The Morgan fingerprint density at radius 1 is 1.43 bits per heavy atom. The van der Waals surface area contributed by atoms with Crippen molar-refractivity contribution in [2.24, 2.45) is 5.41 Å². The molecule has 0 spiro atoms. The van der Waals surface area contributed by atoms with Crippen molar-refractivity contribution >= 4 is 0 Å². The van der Waals surface area contributed by atoms with Gasteiger partial charge in [0.2, 0.25) is 0 Å². The minimum atomic E-state index is 0.579. The zero-order chi connectivity index (χ0) is 10.2. The van der Waals surface area contributed by atoms with E-state index in [1.54, 1.807) is 0 Å². The first kappa shape index (κ1) is 10.4. The molecule has 0 aromatic carbocycles. The lowest BCUT2D eigenvalue weighted by Crippen LogP contribution is -2.60. The van der Waals surface area contributed by atoms with E-state index in [0.717, 1.165) is 12.1 Å². The van der Waals surface area contributed by atoms with Crippen LogP contribution in [-0.4, -0.2) is 36.6 Å². The molecule has 2 heteroatoms. The van der Waals surface area contributed by atoms with Crippen LogP contribution >= 0.6 is 0 Å². The van der Waals surface area contributed by atoms with Gasteiger partial charge >= 0.3 is 0 Å². The molecule has 82 valence electrons. The molecule has 2 nitrogen and oxygen atoms in total. The second-order valence-electron chi connectivity index (χ2n) is 5.60. The second kappa shape index (κ2) is 3.82. The minimum Gasteiger partial charge on any atom is -0.311 e. The van der Waals surface area contributed by atoms with E-state index in [1.807, 2.05) is 0 Å². The van der Waals surface area contributed by atoms with Gasteiger partial charge in [-0.15, -0.1) is 0 Å². The highest BCUT2D eigenvalue weighted by Crippen LogP contribution is 2.43. The van der Waals surface area contributed by atoms with Crippen molar-refractivity contribution in [2.75, 3.05) is 19.6 Å². The highest BCUT2D eigenvalue weighted by molar-refractivity contribution is 4.97. The summed E-state index contributed by atoms with van der Waals surface area (Å²) < 4.78 is 0. The number of hydrogen-bond donors (Lipinski definition) is 1. The molecule has 1 N–H and O–H groups in total. The van der Waals surface area contributed by atoms with Crippen LogP contribution in [0.25, 0.3) is 0 Å². The van der Waals surface area contributed by atoms with E-state index >= 15 is 0 Å². The highest BCUT2D eigenvalue weighted by Gasteiger charge is 2.42. The molecule has 1 saturated heterocycles. The predicted molar refractivity (Wildman–Crippen MR) is 60.5 cm³/mol. The number of nitrogens with one attached hydrogen (secondary N) is 1. The number of hydrogen-bond acceptors (Lipinski definition) is 2. The van der Waals surface area contributed by atoms with Gasteiger partial charge in [0.1, 0.15) is 0 Å². The summed E-state index contributed by atoms with van der Waals surface area (Å²) in [4.78, 5) is 2.72. The summed E-state index contributed by atoms with van der Waals surface area (Å²) in [7, 11) is 0. The molecule has 0 bridgehead atoms. The van der Waals surface area contributed by atoms with Gasteiger partial charge in [0.15, 0.2) is 0 Å². The Labute approximate surface area is 88.1 Å². The Hall–Kier alpha value is -0.0800. The van der Waals surface area contributed by atoms with Crippen molar-refractivity contribution < 1.29 is 0 Å². The molecule has 1 aliphatic carbocycles. The molecule has 1 aliphatic heterocycles. The lowest BCUT2D eigenvalue weighted by molar-refractivity contribution is -0.0151. The van der Waals surface area contributed by atoms with E-state index in [-0.39, 0.29) is 0 Å². The predicted octanol–water partition coefficient (Wildman–Crippen LogP) is 1.86. The van der Waals surface area contributed by atoms with Gasteiger partial charge in [0, 0.05) is 31.7 Å². The fourth-order valence-electron chi connectivity index (χ4n) is 2.94. The number of piperazine rings is 1. The van der Waals surface area contributed by atoms with E-state index in [2.05, 4.69) is 31.0 Å². The van der Waals surface area contributed by atoms with Crippen LogP contribution in [0.2, 0.25) is 0 Å². The summed E-state index contributed by atoms with van der Waals surface area (Å²) in [6.45, 7) is 10.8. The van der Waals surface area contributed by atoms with E-state index < -0.39 is 0 Å². The summed E-state index contributed by atoms with van der Waals surface area (Å²) in [6.07, 6.45) is 4.10. The first-order chi connectivity index (χ1) is 6.63. The van der Waals surface area contributed by atoms with Crippen molar-refractivity contribution in [2.45, 2.75) is 52.1 Å². The van der Waals surface area contributed by atoms with Gasteiger partial charge in [-0.2, -0.15) is 0 Å². The van der Waals surface area contributed by atoms with Crippen molar-refractivity contribution in [3.8, 4) is 0 Å². The molecule has 0 radical (unpaired) electrons. The molecular weight excluding hydrogens is 172 g/mol. The molecule has 0 aromatic heterocycles. The molecule has 0 amide bonds. The van der Waals surface area contributed by atoms with Gasteiger partial charge in [-0.25, -0.2) is 0 Å². The van der Waals surface area contributed by atoms with Gasteiger partial charge in [0.05, 0.1) is 0 Å². The SMILES string of the molecule is CCC1CN(C2CCC2(C)C)CCN1. The van der Waals surface area contributed by atoms with Crippen LogP contribution < -0.4 is 5.32 Å². The minimum absolute atomic E-state index is 0.579. The summed E-state index contributed by atoms with van der Waals surface area (Å²) in [5.74, 6) is 0. The zero-order valence-corrected chi connectivity index (χ0v) is 9.84. The standard InChI is InChI=1S/C12H24N2/c1-4-10-9-14(8-7-13-10)11-5-6-12(11,2)3/h10-11,13H,4-9H2,1-3H3. The Morgan fingerprint density at radius 3 is 2.71 bits per heavy atom. The van der Waals surface area contributed by atoms with Crippen molar-refractivity contribution in [3.63, 3.8) is 0 Å². The first-order valence-electron chi connectivity index (χ1n) is 6.11. The van der Waals surface area contributed by atoms with Crippen LogP contribution in [0, 0.1) is 5.41 Å². The Bertz CT molecular complexity index is 200. The largest absolute Gasteiger partial charge is 0.311 e. The first-order valence-corrected chi connectivity index (χ1v) is 6.11. The monoisotopic (exact) mass is 196 g/mol. The Morgan fingerprint density at radius 2 is 2.21 bits per heavy atom. The summed E-state index contributed by atoms with van der Waals surface area (Å²) in [5.41, 5.74) is 0.579. The van der Waals surface area contributed by atoms with Crippen molar-refractivity contribution in [1.82, 2.24) is 10.2 Å². The van der Waals surface area contributed by atoms with E-state index in [1.165, 1.54) is 38.9 Å². The van der Waals surface area contributed by atoms with Crippen LogP contribution in [0.15, 0.2) is 0 Å². The molecule has 2 unspecified atom stereocenters. The average molecular weight is 196 g/mol. The van der Waals surface area contributed by atoms with E-state index in [9.17, 15) is 0 Å². The lowest BCUT2D eigenvalue weighted by Gasteiger charge is -2.52. The van der Waals surface area contributed by atoms with Crippen LogP contribution in [0.4, 0.5) is 0 Å². The lowest BCUT2D eigenvalue weighted by atomic mass is 9.66. The molecule has 2 rings (SSSR count). The maximum absolute atomic E-state index is 3.59. The van der Waals surface area contributed by atoms with Gasteiger partial charge in [-0.1, -0.05) is 20.8 Å². The molecule has 1 heterocycles. The fraction of sp³-hybridized carbons (Fsp3) is 1.00. The topological polar surface area (TPSA) is 15.3 Å². The van der Waals surface area contributed by atoms with Crippen molar-refractivity contribution in [1.29, 1.82) is 0 Å². The van der Waals surface area contributed by atoms with E-state index in [0.29, 0.717) is 5.41 Å². The maximum atomic E-state index is 3.59. The van der Waals surface area contributed by atoms with Gasteiger partial charge < -0.3 is 5.32 Å². The normalized spacial score (nSPS) is 37.9. The van der Waals surface area contributed by atoms with Gasteiger partial charge in [-0.3, -0.25) is 4.90 Å². The van der Waals surface area contributed by atoms with Gasteiger partial charge in [0.25, 0.3) is 0 Å². The van der Waals surface area contributed by atoms with Crippen molar-refractivity contribution in [3.05, 3.63) is 0 Å². The molecule has 2 atom stereocenters. The summed E-state index contributed by atoms with van der Waals surface area (Å²) >= 11 is 0. The Kier molecular flexibility index (Phi) is 2.85. The van der Waals surface area contributed by atoms with E-state index in [4.69, 9.17) is 0 Å². The number of nitrogens with zero attached hydrogens (tertiary/aromatic N) is 1. The smallest absolute Gasteiger partial charge is 0.0193 e. The summed E-state index contributed by atoms with van der Waals surface area (Å²) in [5, 5.41) is 3.59.